The van der Waals surface area contributed by atoms with Gasteiger partial charge in [0, 0.05) is 32.5 Å². The van der Waals surface area contributed by atoms with E-state index in [1.54, 1.807) is 13.3 Å². The number of para-hydroxylation sites is 1. The van der Waals surface area contributed by atoms with Crippen LogP contribution in [0.15, 0.2) is 47.1 Å². The number of carbonyl (C=O) groups is 2. The van der Waals surface area contributed by atoms with E-state index >= 15 is 0 Å². The first kappa shape index (κ1) is 24.6. The van der Waals surface area contributed by atoms with Gasteiger partial charge < -0.3 is 19.6 Å². The van der Waals surface area contributed by atoms with Crippen LogP contribution in [0.1, 0.15) is 42.9 Å². The number of likely N-dealkylation sites (tertiary alicyclic amines) is 1. The normalized spacial score (nSPS) is 19.6. The lowest BCUT2D eigenvalue weighted by Gasteiger charge is -2.46. The molecule has 1 spiro atoms. The molecule has 1 saturated heterocycles. The second-order valence-electron chi connectivity index (χ2n) is 8.26. The van der Waals surface area contributed by atoms with Gasteiger partial charge in [0.1, 0.15) is 17.1 Å². The van der Waals surface area contributed by atoms with Crippen LogP contribution < -0.4 is 10.1 Å². The summed E-state index contributed by atoms with van der Waals surface area (Å²) in [5.74, 6) is -0.485. The number of aliphatic carboxylic acids is 1. The summed E-state index contributed by atoms with van der Waals surface area (Å²) in [5, 5.41) is 9.89. The number of amides is 1. The van der Waals surface area contributed by atoms with Gasteiger partial charge in [0.25, 0.3) is 0 Å². The lowest BCUT2D eigenvalue weighted by molar-refractivity contribution is -0.192. The molecular weight excluding hydrogens is 441 g/mol. The molecule has 0 aliphatic carbocycles. The van der Waals surface area contributed by atoms with Crippen molar-refractivity contribution in [3.8, 4) is 5.75 Å². The van der Waals surface area contributed by atoms with Crippen LogP contribution in [0, 0.1) is 0 Å². The van der Waals surface area contributed by atoms with E-state index in [4.69, 9.17) is 19.1 Å². The number of benzene rings is 1. The molecule has 0 saturated carbocycles. The van der Waals surface area contributed by atoms with E-state index in [2.05, 4.69) is 16.3 Å². The maximum Gasteiger partial charge on any atom is 0.490 e. The third kappa shape index (κ3) is 6.50. The Balaban J connectivity index is 0.000000383. The number of hydrogen-bond donors (Lipinski definition) is 2. The summed E-state index contributed by atoms with van der Waals surface area (Å²) in [4.78, 5) is 23.3. The number of rotatable bonds is 4. The topological polar surface area (TPSA) is 92.0 Å². The van der Waals surface area contributed by atoms with Crippen molar-refractivity contribution in [2.24, 2.45) is 0 Å². The molecule has 1 amide bonds. The molecule has 4 rings (SSSR count). The fraction of sp³-hybridized carbons (Fsp3) is 0.478. The van der Waals surface area contributed by atoms with E-state index in [-0.39, 0.29) is 17.4 Å². The van der Waals surface area contributed by atoms with E-state index in [0.29, 0.717) is 6.42 Å². The average molecular weight is 468 g/mol. The maximum atomic E-state index is 12.0. The van der Waals surface area contributed by atoms with Gasteiger partial charge in [0.2, 0.25) is 5.91 Å². The van der Waals surface area contributed by atoms with Gasteiger partial charge in [-0.05, 0) is 43.0 Å². The van der Waals surface area contributed by atoms with E-state index in [1.165, 1.54) is 5.56 Å². The zero-order valence-corrected chi connectivity index (χ0v) is 18.2. The molecular formula is C23H27F3N2O5. The van der Waals surface area contributed by atoms with Crippen LogP contribution in [0.3, 0.4) is 0 Å². The van der Waals surface area contributed by atoms with Crippen molar-refractivity contribution >= 4 is 11.9 Å². The Labute approximate surface area is 189 Å². The number of carboxylic acids is 1. The molecule has 1 fully saturated rings. The Bertz CT molecular complexity index is 938. The van der Waals surface area contributed by atoms with Gasteiger partial charge in [0.05, 0.1) is 12.8 Å². The molecule has 2 aliphatic rings. The molecule has 0 bridgehead atoms. The SMILES string of the molecule is CNC(=O)CC1CC2(CCN(Cc3ccco3)CC2)Oc2ccccc21.O=C(O)C(F)(F)F. The van der Waals surface area contributed by atoms with E-state index in [0.717, 1.165) is 50.4 Å². The van der Waals surface area contributed by atoms with Crippen LogP contribution >= 0.6 is 0 Å². The second kappa shape index (κ2) is 10.3. The van der Waals surface area contributed by atoms with Crippen LogP contribution in [-0.4, -0.2) is 53.8 Å². The van der Waals surface area contributed by atoms with Gasteiger partial charge in [0.15, 0.2) is 0 Å². The summed E-state index contributed by atoms with van der Waals surface area (Å²) >= 11 is 0. The Morgan fingerprint density at radius 2 is 1.85 bits per heavy atom. The number of halogens is 3. The molecule has 1 atom stereocenters. The Morgan fingerprint density at radius 1 is 1.18 bits per heavy atom. The van der Waals surface area contributed by atoms with Crippen LogP contribution in [0.25, 0.3) is 0 Å². The molecule has 1 aromatic carbocycles. The highest BCUT2D eigenvalue weighted by Crippen LogP contribution is 2.46. The fourth-order valence-corrected chi connectivity index (χ4v) is 4.30. The number of alkyl halides is 3. The second-order valence-corrected chi connectivity index (χ2v) is 8.26. The number of nitrogens with zero attached hydrogens (tertiary/aromatic N) is 1. The highest BCUT2D eigenvalue weighted by atomic mass is 19.4. The molecule has 1 aromatic heterocycles. The molecule has 180 valence electrons. The number of carboxylic acid groups (broad SMARTS) is 1. The van der Waals surface area contributed by atoms with Crippen molar-refractivity contribution in [1.82, 2.24) is 10.2 Å². The summed E-state index contributed by atoms with van der Waals surface area (Å²) in [6, 6.07) is 12.1. The van der Waals surface area contributed by atoms with Crippen molar-refractivity contribution in [2.75, 3.05) is 20.1 Å². The summed E-state index contributed by atoms with van der Waals surface area (Å²) in [7, 11) is 1.70. The minimum Gasteiger partial charge on any atom is -0.487 e. The van der Waals surface area contributed by atoms with Crippen molar-refractivity contribution in [3.05, 3.63) is 54.0 Å². The van der Waals surface area contributed by atoms with Gasteiger partial charge in [-0.25, -0.2) is 4.79 Å². The van der Waals surface area contributed by atoms with E-state index in [9.17, 15) is 18.0 Å². The average Bonchev–Trinajstić information content (AvgIpc) is 3.28. The van der Waals surface area contributed by atoms with Gasteiger partial charge >= 0.3 is 12.1 Å². The van der Waals surface area contributed by atoms with Gasteiger partial charge in [-0.15, -0.1) is 0 Å². The summed E-state index contributed by atoms with van der Waals surface area (Å²) in [6.45, 7) is 2.81. The molecule has 3 heterocycles. The third-order valence-corrected chi connectivity index (χ3v) is 5.98. The molecule has 2 N–H and O–H groups in total. The molecule has 7 nitrogen and oxygen atoms in total. The first-order valence-corrected chi connectivity index (χ1v) is 10.7. The van der Waals surface area contributed by atoms with Crippen molar-refractivity contribution in [3.63, 3.8) is 0 Å². The number of furan rings is 1. The predicted octanol–water partition coefficient (Wildman–Crippen LogP) is 3.95. The minimum absolute atomic E-state index is 0.0945. The lowest BCUT2D eigenvalue weighted by Crippen LogP contribution is -2.50. The molecule has 2 aliphatic heterocycles. The lowest BCUT2D eigenvalue weighted by atomic mass is 9.76. The van der Waals surface area contributed by atoms with E-state index in [1.807, 2.05) is 30.3 Å². The summed E-state index contributed by atoms with van der Waals surface area (Å²) in [6.07, 6.45) is 0.0324. The predicted molar refractivity (Wildman–Crippen MR) is 113 cm³/mol. The zero-order valence-electron chi connectivity index (χ0n) is 18.2. The monoisotopic (exact) mass is 468 g/mol. The van der Waals surface area contributed by atoms with Crippen molar-refractivity contribution in [2.45, 2.75) is 49.9 Å². The number of piperidine rings is 1. The molecule has 1 unspecified atom stereocenters. The standard InChI is InChI=1S/C21H26N2O3.C2HF3O2/c1-22-20(24)13-16-14-21(26-19-7-3-2-6-18(16)19)8-10-23(11-9-21)15-17-5-4-12-25-17;3-2(4,5)1(6)7/h2-7,12,16H,8-11,13-15H2,1H3,(H,22,24);(H,6,7). The molecule has 2 aromatic rings. The number of nitrogens with one attached hydrogen (secondary N) is 1. The van der Waals surface area contributed by atoms with Crippen molar-refractivity contribution in [1.29, 1.82) is 0 Å². The first-order valence-electron chi connectivity index (χ1n) is 10.7. The number of fused-ring (bicyclic) bond motifs is 1. The quantitative estimate of drug-likeness (QED) is 0.706. The third-order valence-electron chi connectivity index (χ3n) is 5.98. The van der Waals surface area contributed by atoms with Crippen LogP contribution in [-0.2, 0) is 16.1 Å². The number of hydrogen-bond acceptors (Lipinski definition) is 5. The molecule has 33 heavy (non-hydrogen) atoms. The van der Waals surface area contributed by atoms with Crippen LogP contribution in [0.4, 0.5) is 13.2 Å². The van der Waals surface area contributed by atoms with Crippen LogP contribution in [0.2, 0.25) is 0 Å². The largest absolute Gasteiger partial charge is 0.490 e. The fourth-order valence-electron chi connectivity index (χ4n) is 4.30. The zero-order chi connectivity index (χ0) is 24.1. The van der Waals surface area contributed by atoms with Gasteiger partial charge in [-0.1, -0.05) is 18.2 Å². The number of ether oxygens (including phenoxy) is 1. The first-order chi connectivity index (χ1) is 15.6. The summed E-state index contributed by atoms with van der Waals surface area (Å²) in [5.41, 5.74) is 1.01. The number of carbonyl (C=O) groups excluding carboxylic acids is 1. The van der Waals surface area contributed by atoms with E-state index < -0.39 is 12.1 Å². The molecule has 10 heteroatoms. The van der Waals surface area contributed by atoms with Crippen molar-refractivity contribution < 1.29 is 37.0 Å². The highest BCUT2D eigenvalue weighted by Gasteiger charge is 2.43. The maximum absolute atomic E-state index is 12.0. The Hall–Kier alpha value is -3.01. The van der Waals surface area contributed by atoms with Crippen LogP contribution in [0.5, 0.6) is 5.75 Å². The highest BCUT2D eigenvalue weighted by molar-refractivity contribution is 5.76. The molecule has 0 radical (unpaired) electrons. The van der Waals surface area contributed by atoms with Gasteiger partial charge in [-0.2, -0.15) is 13.2 Å². The smallest absolute Gasteiger partial charge is 0.487 e. The Morgan fingerprint density at radius 3 is 2.42 bits per heavy atom. The summed E-state index contributed by atoms with van der Waals surface area (Å²) < 4.78 is 43.7. The van der Waals surface area contributed by atoms with Gasteiger partial charge in [-0.3, -0.25) is 9.69 Å². The Kier molecular flexibility index (Phi) is 7.68. The minimum atomic E-state index is -5.08.